The molecule has 0 saturated carbocycles. The van der Waals surface area contributed by atoms with Crippen molar-refractivity contribution in [3.63, 3.8) is 0 Å². The lowest BCUT2D eigenvalue weighted by Crippen LogP contribution is -1.91. The van der Waals surface area contributed by atoms with Gasteiger partial charge in [-0.2, -0.15) is 0 Å². The van der Waals surface area contributed by atoms with Gasteiger partial charge in [-0.05, 0) is 42.3 Å². The third kappa shape index (κ3) is 6.67. The molecule has 0 heterocycles. The summed E-state index contributed by atoms with van der Waals surface area (Å²) in [6, 6.07) is 0. The first-order chi connectivity index (χ1) is 7.65. The SMILES string of the molecule is CCC/C=C(/N=C/C(Br)=C(\C)OC)OCC. The Morgan fingerprint density at radius 2 is 2.06 bits per heavy atom. The average molecular weight is 290 g/mol. The highest BCUT2D eigenvalue weighted by molar-refractivity contribution is 9.12. The molecule has 4 heteroatoms. The van der Waals surface area contributed by atoms with Crippen LogP contribution in [0, 0.1) is 0 Å². The van der Waals surface area contributed by atoms with E-state index in [1.807, 2.05) is 19.9 Å². The average Bonchev–Trinajstić information content (AvgIpc) is 2.31. The zero-order chi connectivity index (χ0) is 12.4. The molecule has 0 bridgehead atoms. The van der Waals surface area contributed by atoms with Crippen molar-refractivity contribution in [2.45, 2.75) is 33.6 Å². The number of allylic oxidation sites excluding steroid dienone is 3. The second-order valence-corrected chi connectivity index (χ2v) is 3.98. The number of methoxy groups -OCH3 is 1. The lowest BCUT2D eigenvalue weighted by molar-refractivity contribution is 0.226. The van der Waals surface area contributed by atoms with Crippen molar-refractivity contribution in [3.8, 4) is 0 Å². The number of aliphatic imine (C=N–C) groups is 1. The normalized spacial score (nSPS) is 13.9. The molecule has 0 aliphatic rings. The summed E-state index contributed by atoms with van der Waals surface area (Å²) in [5.41, 5.74) is 0. The number of hydrogen-bond acceptors (Lipinski definition) is 3. The van der Waals surface area contributed by atoms with Gasteiger partial charge in [-0.15, -0.1) is 0 Å². The molecule has 0 N–H and O–H groups in total. The van der Waals surface area contributed by atoms with Gasteiger partial charge in [-0.3, -0.25) is 0 Å². The highest BCUT2D eigenvalue weighted by Gasteiger charge is 1.96. The van der Waals surface area contributed by atoms with Crippen LogP contribution in [0.5, 0.6) is 0 Å². The van der Waals surface area contributed by atoms with Crippen LogP contribution in [0.15, 0.2) is 27.2 Å². The summed E-state index contributed by atoms with van der Waals surface area (Å²) in [5, 5.41) is 0. The summed E-state index contributed by atoms with van der Waals surface area (Å²) >= 11 is 3.37. The van der Waals surface area contributed by atoms with Crippen molar-refractivity contribution in [3.05, 3.63) is 22.2 Å². The van der Waals surface area contributed by atoms with Crippen molar-refractivity contribution < 1.29 is 9.47 Å². The van der Waals surface area contributed by atoms with E-state index in [-0.39, 0.29) is 0 Å². The fourth-order valence-corrected chi connectivity index (χ4v) is 1.14. The van der Waals surface area contributed by atoms with Crippen molar-refractivity contribution in [1.82, 2.24) is 0 Å². The Morgan fingerprint density at radius 3 is 2.56 bits per heavy atom. The first-order valence-electron chi connectivity index (χ1n) is 5.43. The maximum atomic E-state index is 5.39. The number of halogens is 1. The van der Waals surface area contributed by atoms with Gasteiger partial charge in [-0.25, -0.2) is 4.99 Å². The van der Waals surface area contributed by atoms with Crippen molar-refractivity contribution in [1.29, 1.82) is 0 Å². The number of rotatable bonds is 7. The van der Waals surface area contributed by atoms with E-state index in [1.54, 1.807) is 13.3 Å². The Bertz CT molecular complexity index is 283. The Balaban J connectivity index is 4.56. The second kappa shape index (κ2) is 9.46. The molecule has 16 heavy (non-hydrogen) atoms. The zero-order valence-corrected chi connectivity index (χ0v) is 12.0. The van der Waals surface area contributed by atoms with Crippen LogP contribution < -0.4 is 0 Å². The van der Waals surface area contributed by atoms with Crippen LogP contribution in [0.3, 0.4) is 0 Å². The lowest BCUT2D eigenvalue weighted by atomic mass is 10.3. The minimum Gasteiger partial charge on any atom is -0.500 e. The molecule has 0 amide bonds. The molecule has 0 radical (unpaired) electrons. The molecule has 0 aliphatic heterocycles. The molecule has 0 aromatic rings. The van der Waals surface area contributed by atoms with Crippen LogP contribution in [0.1, 0.15) is 33.6 Å². The van der Waals surface area contributed by atoms with Gasteiger partial charge >= 0.3 is 0 Å². The molecule has 0 spiro atoms. The minimum absolute atomic E-state index is 0.623. The summed E-state index contributed by atoms with van der Waals surface area (Å²) in [6.45, 7) is 6.55. The van der Waals surface area contributed by atoms with Gasteiger partial charge in [0.25, 0.3) is 0 Å². The maximum absolute atomic E-state index is 5.39. The van der Waals surface area contributed by atoms with Crippen LogP contribution in [-0.2, 0) is 9.47 Å². The largest absolute Gasteiger partial charge is 0.500 e. The van der Waals surface area contributed by atoms with E-state index in [2.05, 4.69) is 27.8 Å². The Kier molecular flexibility index (Phi) is 9.00. The highest BCUT2D eigenvalue weighted by Crippen LogP contribution is 2.11. The second-order valence-electron chi connectivity index (χ2n) is 3.13. The van der Waals surface area contributed by atoms with Crippen LogP contribution in [-0.4, -0.2) is 19.9 Å². The third-order valence-electron chi connectivity index (χ3n) is 1.85. The summed E-state index contributed by atoms with van der Waals surface area (Å²) in [6.07, 6.45) is 5.73. The number of unbranched alkanes of at least 4 members (excludes halogenated alkanes) is 1. The van der Waals surface area contributed by atoms with Gasteiger partial charge in [0.15, 0.2) is 0 Å². The minimum atomic E-state index is 0.623. The molecule has 92 valence electrons. The standard InChI is InChI=1S/C12H20BrNO2/c1-5-7-8-12(16-6-2)14-9-11(13)10(3)15-4/h8-9H,5-7H2,1-4H3/b11-10-,12-8-,14-9+. The van der Waals surface area contributed by atoms with Crippen LogP contribution in [0.2, 0.25) is 0 Å². The lowest BCUT2D eigenvalue weighted by Gasteiger charge is -2.03. The predicted molar refractivity (Wildman–Crippen MR) is 71.7 cm³/mol. The van der Waals surface area contributed by atoms with Gasteiger partial charge in [0.2, 0.25) is 5.88 Å². The van der Waals surface area contributed by atoms with Crippen LogP contribution in [0.4, 0.5) is 0 Å². The first-order valence-corrected chi connectivity index (χ1v) is 6.22. The molecular formula is C12H20BrNO2. The van der Waals surface area contributed by atoms with Gasteiger partial charge in [0, 0.05) is 6.21 Å². The maximum Gasteiger partial charge on any atom is 0.209 e. The summed E-state index contributed by atoms with van der Waals surface area (Å²) in [4.78, 5) is 4.25. The molecule has 0 aromatic carbocycles. The Labute approximate surface area is 106 Å². The first kappa shape index (κ1) is 15.2. The predicted octanol–water partition coefficient (Wildman–Crippen LogP) is 4.01. The Hall–Kier alpha value is -0.770. The van der Waals surface area contributed by atoms with Crippen molar-refractivity contribution in [2.75, 3.05) is 13.7 Å². The molecular weight excluding hydrogens is 270 g/mol. The third-order valence-corrected chi connectivity index (χ3v) is 2.61. The Morgan fingerprint density at radius 1 is 1.38 bits per heavy atom. The van der Waals surface area contributed by atoms with E-state index in [0.29, 0.717) is 12.5 Å². The number of hydrogen-bond donors (Lipinski definition) is 0. The van der Waals surface area contributed by atoms with E-state index >= 15 is 0 Å². The molecule has 0 saturated heterocycles. The molecule has 0 aliphatic carbocycles. The molecule has 3 nitrogen and oxygen atoms in total. The zero-order valence-electron chi connectivity index (χ0n) is 10.4. The molecule has 0 rings (SSSR count). The van der Waals surface area contributed by atoms with E-state index in [0.717, 1.165) is 23.1 Å². The quantitative estimate of drug-likeness (QED) is 0.524. The fraction of sp³-hybridized carbons (Fsp3) is 0.583. The van der Waals surface area contributed by atoms with Gasteiger partial charge < -0.3 is 9.47 Å². The van der Waals surface area contributed by atoms with Gasteiger partial charge in [0.05, 0.1) is 18.2 Å². The van der Waals surface area contributed by atoms with Gasteiger partial charge in [-0.1, -0.05) is 13.3 Å². The fourth-order valence-electron chi connectivity index (χ4n) is 0.873. The summed E-state index contributed by atoms with van der Waals surface area (Å²) in [7, 11) is 1.63. The smallest absolute Gasteiger partial charge is 0.209 e. The van der Waals surface area contributed by atoms with Crippen molar-refractivity contribution >= 4 is 22.1 Å². The van der Waals surface area contributed by atoms with E-state index < -0.39 is 0 Å². The van der Waals surface area contributed by atoms with Crippen LogP contribution in [0.25, 0.3) is 0 Å². The van der Waals surface area contributed by atoms with E-state index in [9.17, 15) is 0 Å². The topological polar surface area (TPSA) is 30.8 Å². The number of nitrogens with zero attached hydrogens (tertiary/aromatic N) is 1. The van der Waals surface area contributed by atoms with Gasteiger partial charge in [0.1, 0.15) is 5.76 Å². The van der Waals surface area contributed by atoms with Crippen molar-refractivity contribution in [2.24, 2.45) is 4.99 Å². The molecule has 0 fully saturated rings. The van der Waals surface area contributed by atoms with E-state index in [4.69, 9.17) is 9.47 Å². The molecule has 0 aromatic heterocycles. The number of ether oxygens (including phenoxy) is 2. The monoisotopic (exact) mass is 289 g/mol. The van der Waals surface area contributed by atoms with Crippen LogP contribution >= 0.6 is 15.9 Å². The molecule has 0 atom stereocenters. The summed E-state index contributed by atoms with van der Waals surface area (Å²) in [5.74, 6) is 1.44. The van der Waals surface area contributed by atoms with E-state index in [1.165, 1.54) is 0 Å². The molecule has 0 unspecified atom stereocenters. The highest BCUT2D eigenvalue weighted by atomic mass is 79.9. The summed E-state index contributed by atoms with van der Waals surface area (Å²) < 4.78 is 11.3.